The second-order valence-corrected chi connectivity index (χ2v) is 6.48. The molecule has 1 unspecified atom stereocenters. The van der Waals surface area contributed by atoms with Gasteiger partial charge in [0.1, 0.15) is 5.60 Å². The molecule has 5 heteroatoms. The summed E-state index contributed by atoms with van der Waals surface area (Å²) in [5.41, 5.74) is -1.04. The monoisotopic (exact) mass is 291 g/mol. The molecule has 2 N–H and O–H groups in total. The number of amides is 1. The van der Waals surface area contributed by atoms with Crippen LogP contribution in [-0.4, -0.2) is 28.3 Å². The number of aliphatic carboxylic acids is 1. The molecule has 1 aromatic carbocycles. The Kier molecular flexibility index (Phi) is 3.70. The van der Waals surface area contributed by atoms with Crippen LogP contribution in [0, 0.1) is 5.92 Å². The third-order valence-electron chi connectivity index (χ3n) is 3.82. The van der Waals surface area contributed by atoms with Gasteiger partial charge in [0.25, 0.3) is 0 Å². The Morgan fingerprint density at radius 1 is 1.24 bits per heavy atom. The van der Waals surface area contributed by atoms with Crippen LogP contribution in [-0.2, 0) is 9.53 Å². The number of carboxylic acid groups (broad SMARTS) is 1. The molecule has 0 heterocycles. The molecule has 1 aliphatic rings. The minimum absolute atomic E-state index is 0.190. The molecule has 0 aliphatic heterocycles. The van der Waals surface area contributed by atoms with E-state index in [1.807, 2.05) is 37.3 Å². The van der Waals surface area contributed by atoms with E-state index >= 15 is 0 Å². The van der Waals surface area contributed by atoms with Gasteiger partial charge in [-0.15, -0.1) is 0 Å². The summed E-state index contributed by atoms with van der Waals surface area (Å²) in [7, 11) is 0. The van der Waals surface area contributed by atoms with Gasteiger partial charge in [0.05, 0.1) is 0 Å². The standard InChI is InChI=1S/C16H21NO4/c1-10-12(11-8-6-5-7-9-11)16(10,13(18)19)17-14(20)21-15(2,3)4/h5-10,12H,1-4H3,(H,17,20)(H,18,19)/t10?,12-,16-/m0/s1. The van der Waals surface area contributed by atoms with Crippen LogP contribution in [0.25, 0.3) is 0 Å². The highest BCUT2D eigenvalue weighted by atomic mass is 16.6. The first kappa shape index (κ1) is 15.4. The zero-order valence-corrected chi connectivity index (χ0v) is 12.7. The predicted molar refractivity (Wildman–Crippen MR) is 78.1 cm³/mol. The Labute approximate surface area is 124 Å². The summed E-state index contributed by atoms with van der Waals surface area (Å²) in [6.45, 7) is 7.05. The van der Waals surface area contributed by atoms with Crippen molar-refractivity contribution in [3.8, 4) is 0 Å². The molecule has 1 aliphatic carbocycles. The number of benzene rings is 1. The molecule has 5 nitrogen and oxygen atoms in total. The summed E-state index contributed by atoms with van der Waals surface area (Å²) in [6, 6.07) is 9.35. The number of hydrogen-bond donors (Lipinski definition) is 2. The van der Waals surface area contributed by atoms with Crippen molar-refractivity contribution >= 4 is 12.1 Å². The molecule has 1 saturated carbocycles. The summed E-state index contributed by atoms with van der Waals surface area (Å²) >= 11 is 0. The van der Waals surface area contributed by atoms with Gasteiger partial charge in [0, 0.05) is 11.8 Å². The molecule has 21 heavy (non-hydrogen) atoms. The fraction of sp³-hybridized carbons (Fsp3) is 0.500. The van der Waals surface area contributed by atoms with Gasteiger partial charge >= 0.3 is 12.1 Å². The van der Waals surface area contributed by atoms with Gasteiger partial charge in [0.15, 0.2) is 5.54 Å². The van der Waals surface area contributed by atoms with Gasteiger partial charge in [-0.3, -0.25) is 0 Å². The van der Waals surface area contributed by atoms with Crippen molar-refractivity contribution in [2.45, 2.75) is 44.8 Å². The largest absolute Gasteiger partial charge is 0.479 e. The highest BCUT2D eigenvalue weighted by molar-refractivity contribution is 5.90. The van der Waals surface area contributed by atoms with Gasteiger partial charge in [-0.1, -0.05) is 37.3 Å². The van der Waals surface area contributed by atoms with E-state index in [1.54, 1.807) is 20.8 Å². The molecule has 3 atom stereocenters. The first-order valence-electron chi connectivity index (χ1n) is 6.98. The average molecular weight is 291 g/mol. The molecule has 114 valence electrons. The number of hydrogen-bond acceptors (Lipinski definition) is 3. The van der Waals surface area contributed by atoms with Crippen molar-refractivity contribution in [2.24, 2.45) is 5.92 Å². The van der Waals surface area contributed by atoms with Crippen molar-refractivity contribution in [3.05, 3.63) is 35.9 Å². The molecule has 0 saturated heterocycles. The Morgan fingerprint density at radius 3 is 2.29 bits per heavy atom. The smallest absolute Gasteiger partial charge is 0.408 e. The lowest BCUT2D eigenvalue weighted by molar-refractivity contribution is -0.141. The summed E-state index contributed by atoms with van der Waals surface area (Å²) in [5.74, 6) is -1.47. The van der Waals surface area contributed by atoms with Crippen LogP contribution in [0.4, 0.5) is 4.79 Å². The maximum absolute atomic E-state index is 11.9. The van der Waals surface area contributed by atoms with E-state index < -0.39 is 23.2 Å². The fourth-order valence-corrected chi connectivity index (χ4v) is 2.82. The van der Waals surface area contributed by atoms with Crippen LogP contribution in [0.15, 0.2) is 30.3 Å². The summed E-state index contributed by atoms with van der Waals surface area (Å²) in [4.78, 5) is 23.7. The first-order valence-corrected chi connectivity index (χ1v) is 6.98. The van der Waals surface area contributed by atoms with Gasteiger partial charge in [0.2, 0.25) is 0 Å². The molecule has 0 bridgehead atoms. The van der Waals surface area contributed by atoms with Crippen LogP contribution in [0.3, 0.4) is 0 Å². The maximum Gasteiger partial charge on any atom is 0.408 e. The number of ether oxygens (including phenoxy) is 1. The molecule has 0 radical (unpaired) electrons. The number of carboxylic acids is 1. The van der Waals surface area contributed by atoms with Crippen LogP contribution < -0.4 is 5.32 Å². The second-order valence-electron chi connectivity index (χ2n) is 6.48. The van der Waals surface area contributed by atoms with Crippen molar-refractivity contribution in [1.82, 2.24) is 5.32 Å². The number of rotatable bonds is 3. The van der Waals surface area contributed by atoms with Crippen LogP contribution in [0.1, 0.15) is 39.2 Å². The normalized spacial score (nSPS) is 27.8. The summed E-state index contributed by atoms with van der Waals surface area (Å²) in [6.07, 6.45) is -0.699. The Hall–Kier alpha value is -2.04. The predicted octanol–water partition coefficient (Wildman–Crippen LogP) is 2.77. The fourth-order valence-electron chi connectivity index (χ4n) is 2.82. The van der Waals surface area contributed by atoms with E-state index in [-0.39, 0.29) is 11.8 Å². The quantitative estimate of drug-likeness (QED) is 0.898. The number of alkyl carbamates (subject to hydrolysis) is 1. The Bertz CT molecular complexity index is 549. The van der Waals surface area contributed by atoms with Gasteiger partial charge in [-0.25, -0.2) is 9.59 Å². The molecular weight excluding hydrogens is 270 g/mol. The molecule has 1 amide bonds. The van der Waals surface area contributed by atoms with E-state index in [9.17, 15) is 14.7 Å². The van der Waals surface area contributed by atoms with Crippen molar-refractivity contribution in [3.63, 3.8) is 0 Å². The number of carbonyl (C=O) groups excluding carboxylic acids is 1. The van der Waals surface area contributed by atoms with Gasteiger partial charge in [-0.05, 0) is 26.3 Å². The topological polar surface area (TPSA) is 75.6 Å². The van der Waals surface area contributed by atoms with Crippen LogP contribution in [0.2, 0.25) is 0 Å². The van der Waals surface area contributed by atoms with Crippen molar-refractivity contribution in [1.29, 1.82) is 0 Å². The van der Waals surface area contributed by atoms with Crippen molar-refractivity contribution < 1.29 is 19.4 Å². The highest BCUT2D eigenvalue weighted by Crippen LogP contribution is 2.57. The molecule has 1 fully saturated rings. The zero-order valence-electron chi connectivity index (χ0n) is 12.7. The molecule has 0 spiro atoms. The van der Waals surface area contributed by atoms with E-state index in [1.165, 1.54) is 0 Å². The highest BCUT2D eigenvalue weighted by Gasteiger charge is 2.69. The van der Waals surface area contributed by atoms with Gasteiger partial charge < -0.3 is 15.2 Å². The average Bonchev–Trinajstić information content (AvgIpc) is 2.94. The summed E-state index contributed by atoms with van der Waals surface area (Å²) in [5, 5.41) is 12.1. The van der Waals surface area contributed by atoms with Gasteiger partial charge in [-0.2, -0.15) is 0 Å². The second kappa shape index (κ2) is 5.06. The van der Waals surface area contributed by atoms with Crippen molar-refractivity contribution in [2.75, 3.05) is 0 Å². The van der Waals surface area contributed by atoms with E-state index in [0.717, 1.165) is 5.56 Å². The maximum atomic E-state index is 11.9. The zero-order chi connectivity index (χ0) is 15.8. The third-order valence-corrected chi connectivity index (χ3v) is 3.82. The lowest BCUT2D eigenvalue weighted by Gasteiger charge is -2.22. The van der Waals surface area contributed by atoms with Crippen LogP contribution >= 0.6 is 0 Å². The Balaban J connectivity index is 2.21. The molecular formula is C16H21NO4. The minimum Gasteiger partial charge on any atom is -0.479 e. The summed E-state index contributed by atoms with van der Waals surface area (Å²) < 4.78 is 5.18. The number of nitrogens with one attached hydrogen (secondary N) is 1. The number of carbonyl (C=O) groups is 2. The molecule has 0 aromatic heterocycles. The lowest BCUT2D eigenvalue weighted by atomic mass is 10.1. The first-order chi connectivity index (χ1) is 9.68. The minimum atomic E-state index is -1.29. The lowest BCUT2D eigenvalue weighted by Crippen LogP contribution is -2.47. The van der Waals surface area contributed by atoms with E-state index in [0.29, 0.717) is 0 Å². The third kappa shape index (κ3) is 2.86. The SMILES string of the molecule is CC1[C@@H](c2ccccc2)[C@]1(NC(=O)OC(C)(C)C)C(=O)O. The van der Waals surface area contributed by atoms with E-state index in [2.05, 4.69) is 5.32 Å². The molecule has 2 rings (SSSR count). The van der Waals surface area contributed by atoms with E-state index in [4.69, 9.17) is 4.74 Å². The van der Waals surface area contributed by atoms with Crippen LogP contribution in [0.5, 0.6) is 0 Å². The molecule has 1 aromatic rings. The Morgan fingerprint density at radius 2 is 1.81 bits per heavy atom.